The SMILES string of the molecule is CC(C)[C@@H](Oc1ccccc1C#N)C(=O)[C@@H](C#N)c1ccccn1. The number of pyridine rings is 1. The third-order valence-electron chi connectivity index (χ3n) is 3.54. The van der Waals surface area contributed by atoms with Gasteiger partial charge in [0.05, 0.1) is 17.3 Å². The Kier molecular flexibility index (Phi) is 5.65. The predicted octanol–water partition coefficient (Wildman–Crippen LogP) is 3.23. The lowest BCUT2D eigenvalue weighted by molar-refractivity contribution is -0.128. The molecule has 0 aliphatic carbocycles. The molecule has 1 aromatic carbocycles. The van der Waals surface area contributed by atoms with Gasteiger partial charge in [0.2, 0.25) is 0 Å². The van der Waals surface area contributed by atoms with Gasteiger partial charge in [0.1, 0.15) is 11.8 Å². The molecular formula is C19H17N3O2. The fraction of sp³-hybridized carbons (Fsp3) is 0.263. The zero-order chi connectivity index (χ0) is 17.5. The van der Waals surface area contributed by atoms with Crippen LogP contribution in [0, 0.1) is 28.6 Å². The highest BCUT2D eigenvalue weighted by Gasteiger charge is 2.33. The average molecular weight is 319 g/mol. The van der Waals surface area contributed by atoms with Gasteiger partial charge in [-0.3, -0.25) is 9.78 Å². The van der Waals surface area contributed by atoms with E-state index in [1.54, 1.807) is 48.7 Å². The molecule has 5 heteroatoms. The Balaban J connectivity index is 2.32. The van der Waals surface area contributed by atoms with Gasteiger partial charge in [0.25, 0.3) is 0 Å². The Labute approximate surface area is 141 Å². The second kappa shape index (κ2) is 7.89. The summed E-state index contributed by atoms with van der Waals surface area (Å²) in [6, 6.07) is 15.9. The Hall–Kier alpha value is -3.18. The third kappa shape index (κ3) is 3.77. The summed E-state index contributed by atoms with van der Waals surface area (Å²) < 4.78 is 5.81. The van der Waals surface area contributed by atoms with Gasteiger partial charge in [0.15, 0.2) is 17.8 Å². The number of rotatable bonds is 6. The summed E-state index contributed by atoms with van der Waals surface area (Å²) in [6.45, 7) is 3.68. The highest BCUT2D eigenvalue weighted by molar-refractivity contribution is 5.92. The number of Topliss-reactive ketones (excluding diaryl/α,β-unsaturated/α-hetero) is 1. The van der Waals surface area contributed by atoms with Crippen LogP contribution in [-0.2, 0) is 4.79 Å². The number of hydrogen-bond acceptors (Lipinski definition) is 5. The van der Waals surface area contributed by atoms with Gasteiger partial charge in [-0.2, -0.15) is 10.5 Å². The molecule has 0 unspecified atom stereocenters. The first-order valence-corrected chi connectivity index (χ1v) is 7.58. The highest BCUT2D eigenvalue weighted by Crippen LogP contribution is 2.25. The summed E-state index contributed by atoms with van der Waals surface area (Å²) in [5.41, 5.74) is 0.745. The van der Waals surface area contributed by atoms with Crippen LogP contribution < -0.4 is 4.74 Å². The van der Waals surface area contributed by atoms with Crippen LogP contribution in [0.4, 0.5) is 0 Å². The van der Waals surface area contributed by atoms with Crippen molar-refractivity contribution in [3.8, 4) is 17.9 Å². The standard InChI is InChI=1S/C19H17N3O2/c1-13(2)19(24-17-9-4-3-7-14(17)11-20)18(23)15(12-21)16-8-5-6-10-22-16/h3-10,13,15,19H,1-2H3/t15-,19+/m0/s1. The van der Waals surface area contributed by atoms with Crippen LogP contribution >= 0.6 is 0 Å². The van der Waals surface area contributed by atoms with Gasteiger partial charge in [-0.1, -0.05) is 32.0 Å². The largest absolute Gasteiger partial charge is 0.481 e. The Bertz CT molecular complexity index is 788. The molecule has 0 saturated carbocycles. The lowest BCUT2D eigenvalue weighted by Crippen LogP contribution is -2.36. The quantitative estimate of drug-likeness (QED) is 0.815. The molecule has 120 valence electrons. The zero-order valence-corrected chi connectivity index (χ0v) is 13.5. The molecule has 0 fully saturated rings. The predicted molar refractivity (Wildman–Crippen MR) is 88.0 cm³/mol. The molecule has 0 bridgehead atoms. The minimum atomic E-state index is -1.01. The maximum absolute atomic E-state index is 12.8. The second-order valence-corrected chi connectivity index (χ2v) is 5.61. The number of para-hydroxylation sites is 1. The van der Waals surface area contributed by atoms with Gasteiger partial charge in [-0.15, -0.1) is 0 Å². The number of aromatic nitrogens is 1. The van der Waals surface area contributed by atoms with E-state index < -0.39 is 12.0 Å². The Morgan fingerprint density at radius 2 is 1.83 bits per heavy atom. The molecule has 0 saturated heterocycles. The molecule has 0 amide bonds. The molecule has 0 aliphatic heterocycles. The van der Waals surface area contributed by atoms with E-state index in [0.29, 0.717) is 17.0 Å². The van der Waals surface area contributed by atoms with Crippen molar-refractivity contribution >= 4 is 5.78 Å². The molecular weight excluding hydrogens is 302 g/mol. The molecule has 0 radical (unpaired) electrons. The molecule has 2 atom stereocenters. The minimum absolute atomic E-state index is 0.163. The van der Waals surface area contributed by atoms with E-state index in [0.717, 1.165) is 0 Å². The molecule has 0 spiro atoms. The van der Waals surface area contributed by atoms with E-state index >= 15 is 0 Å². The third-order valence-corrected chi connectivity index (χ3v) is 3.54. The van der Waals surface area contributed by atoms with Crippen molar-refractivity contribution in [2.24, 2.45) is 5.92 Å². The summed E-state index contributed by atoms with van der Waals surface area (Å²) in [5, 5.41) is 18.6. The van der Waals surface area contributed by atoms with Crippen molar-refractivity contribution in [2.75, 3.05) is 0 Å². The molecule has 1 heterocycles. The first kappa shape index (κ1) is 17.2. The van der Waals surface area contributed by atoms with Crippen LogP contribution in [-0.4, -0.2) is 16.9 Å². The summed E-state index contributed by atoms with van der Waals surface area (Å²) >= 11 is 0. The summed E-state index contributed by atoms with van der Waals surface area (Å²) in [4.78, 5) is 17.0. The monoisotopic (exact) mass is 319 g/mol. The molecule has 1 aromatic heterocycles. The van der Waals surface area contributed by atoms with Crippen LogP contribution in [0.3, 0.4) is 0 Å². The van der Waals surface area contributed by atoms with Crippen molar-refractivity contribution in [3.63, 3.8) is 0 Å². The summed E-state index contributed by atoms with van der Waals surface area (Å²) in [6.07, 6.45) is 0.703. The Morgan fingerprint density at radius 1 is 1.12 bits per heavy atom. The van der Waals surface area contributed by atoms with E-state index in [1.165, 1.54) is 0 Å². The van der Waals surface area contributed by atoms with Crippen molar-refractivity contribution < 1.29 is 9.53 Å². The molecule has 0 N–H and O–H groups in total. The minimum Gasteiger partial charge on any atom is -0.481 e. The smallest absolute Gasteiger partial charge is 0.196 e. The normalized spacial score (nSPS) is 12.7. The first-order valence-electron chi connectivity index (χ1n) is 7.58. The summed E-state index contributed by atoms with van der Waals surface area (Å²) in [7, 11) is 0. The van der Waals surface area contributed by atoms with Crippen molar-refractivity contribution in [2.45, 2.75) is 25.9 Å². The molecule has 2 aromatic rings. The highest BCUT2D eigenvalue weighted by atomic mass is 16.5. The number of ether oxygens (including phenoxy) is 1. The zero-order valence-electron chi connectivity index (χ0n) is 13.5. The van der Waals surface area contributed by atoms with E-state index in [2.05, 4.69) is 4.98 Å². The van der Waals surface area contributed by atoms with Crippen LogP contribution in [0.2, 0.25) is 0 Å². The number of nitriles is 2. The van der Waals surface area contributed by atoms with E-state index in [4.69, 9.17) is 10.00 Å². The number of nitrogens with zero attached hydrogens (tertiary/aromatic N) is 3. The number of benzene rings is 1. The Morgan fingerprint density at radius 3 is 2.42 bits per heavy atom. The van der Waals surface area contributed by atoms with Crippen LogP contribution in [0.5, 0.6) is 5.75 Å². The molecule has 24 heavy (non-hydrogen) atoms. The van der Waals surface area contributed by atoms with E-state index in [9.17, 15) is 10.1 Å². The molecule has 2 rings (SSSR count). The van der Waals surface area contributed by atoms with Gasteiger partial charge < -0.3 is 4.74 Å². The number of carbonyl (C=O) groups is 1. The molecule has 5 nitrogen and oxygen atoms in total. The summed E-state index contributed by atoms with van der Waals surface area (Å²) in [5.74, 6) is -1.19. The maximum Gasteiger partial charge on any atom is 0.196 e. The number of hydrogen-bond donors (Lipinski definition) is 0. The van der Waals surface area contributed by atoms with Gasteiger partial charge in [-0.25, -0.2) is 0 Å². The second-order valence-electron chi connectivity index (χ2n) is 5.61. The lowest BCUT2D eigenvalue weighted by Gasteiger charge is -2.23. The van der Waals surface area contributed by atoms with Crippen molar-refractivity contribution in [1.82, 2.24) is 4.98 Å². The van der Waals surface area contributed by atoms with E-state index in [1.807, 2.05) is 26.0 Å². The van der Waals surface area contributed by atoms with Crippen molar-refractivity contribution in [3.05, 3.63) is 59.9 Å². The first-order chi connectivity index (χ1) is 11.6. The number of ketones is 1. The van der Waals surface area contributed by atoms with Crippen LogP contribution in [0.25, 0.3) is 0 Å². The van der Waals surface area contributed by atoms with Gasteiger partial charge in [-0.05, 0) is 30.2 Å². The molecule has 0 aliphatic rings. The van der Waals surface area contributed by atoms with E-state index in [-0.39, 0.29) is 11.7 Å². The lowest BCUT2D eigenvalue weighted by atomic mass is 9.91. The maximum atomic E-state index is 12.8. The van der Waals surface area contributed by atoms with Crippen LogP contribution in [0.15, 0.2) is 48.7 Å². The topological polar surface area (TPSA) is 86.8 Å². The fourth-order valence-electron chi connectivity index (χ4n) is 2.31. The van der Waals surface area contributed by atoms with Crippen LogP contribution in [0.1, 0.15) is 31.0 Å². The van der Waals surface area contributed by atoms with Crippen molar-refractivity contribution in [1.29, 1.82) is 10.5 Å². The average Bonchev–Trinajstić information content (AvgIpc) is 2.61. The van der Waals surface area contributed by atoms with Gasteiger partial charge in [0, 0.05) is 6.20 Å². The fourth-order valence-corrected chi connectivity index (χ4v) is 2.31. The van der Waals surface area contributed by atoms with Gasteiger partial charge >= 0.3 is 0 Å². The number of carbonyl (C=O) groups excluding carboxylic acids is 1.